The Labute approximate surface area is 143 Å². The molecule has 0 saturated heterocycles. The van der Waals surface area contributed by atoms with Crippen molar-refractivity contribution >= 4 is 0 Å². The molecule has 3 aromatic rings. The van der Waals surface area contributed by atoms with Crippen LogP contribution in [0.1, 0.15) is 30.8 Å². The Balaban J connectivity index is 1.66. The van der Waals surface area contributed by atoms with Gasteiger partial charge in [0.15, 0.2) is 0 Å². The molecule has 2 unspecified atom stereocenters. The van der Waals surface area contributed by atoms with Gasteiger partial charge in [0.1, 0.15) is 23.5 Å². The Morgan fingerprint density at radius 3 is 2.68 bits per heavy atom. The summed E-state index contributed by atoms with van der Waals surface area (Å²) in [5.74, 6) is -0.787. The summed E-state index contributed by atoms with van der Waals surface area (Å²) in [7, 11) is 0. The second kappa shape index (κ2) is 7.58. The van der Waals surface area contributed by atoms with Crippen LogP contribution in [0.5, 0.6) is 0 Å². The standard InChI is InChI=1S/C18H19F2N3O2/c1-11(8-15(24)16-6-3-7-25-16)21-9-12-10-22-23-18(12)17-13(19)4-2-5-14(17)20/h2-7,10-11,15,21,24H,8-9H2,1H3,(H,22,23). The third kappa shape index (κ3) is 3.94. The number of H-pyrrole nitrogens is 1. The molecule has 5 nitrogen and oxygen atoms in total. The Bertz CT molecular complexity index is 797. The fourth-order valence-electron chi connectivity index (χ4n) is 2.70. The van der Waals surface area contributed by atoms with Gasteiger partial charge in [0, 0.05) is 18.2 Å². The zero-order valence-electron chi connectivity index (χ0n) is 13.7. The summed E-state index contributed by atoms with van der Waals surface area (Å²) >= 11 is 0. The topological polar surface area (TPSA) is 74.1 Å². The molecule has 1 aromatic carbocycles. The zero-order chi connectivity index (χ0) is 17.8. The molecule has 0 saturated carbocycles. The van der Waals surface area contributed by atoms with Crippen molar-refractivity contribution < 1.29 is 18.3 Å². The number of hydrogen-bond acceptors (Lipinski definition) is 4. The second-order valence-electron chi connectivity index (χ2n) is 5.92. The van der Waals surface area contributed by atoms with E-state index in [9.17, 15) is 13.9 Å². The van der Waals surface area contributed by atoms with Crippen LogP contribution in [-0.4, -0.2) is 21.3 Å². The number of aliphatic hydroxyl groups is 1. The van der Waals surface area contributed by atoms with E-state index in [0.29, 0.717) is 30.0 Å². The first kappa shape index (κ1) is 17.3. The van der Waals surface area contributed by atoms with Gasteiger partial charge < -0.3 is 14.8 Å². The highest BCUT2D eigenvalue weighted by Crippen LogP contribution is 2.27. The van der Waals surface area contributed by atoms with Gasteiger partial charge in [-0.2, -0.15) is 5.10 Å². The first-order valence-electron chi connectivity index (χ1n) is 7.97. The van der Waals surface area contributed by atoms with E-state index in [2.05, 4.69) is 15.5 Å². The molecule has 0 spiro atoms. The van der Waals surface area contributed by atoms with E-state index in [1.165, 1.54) is 30.7 Å². The minimum Gasteiger partial charge on any atom is -0.467 e. The monoisotopic (exact) mass is 347 g/mol. The maximum Gasteiger partial charge on any atom is 0.135 e. The van der Waals surface area contributed by atoms with Gasteiger partial charge in [0.05, 0.1) is 23.7 Å². The van der Waals surface area contributed by atoms with E-state index in [1.54, 1.807) is 12.1 Å². The van der Waals surface area contributed by atoms with Crippen molar-refractivity contribution in [3.63, 3.8) is 0 Å². The van der Waals surface area contributed by atoms with Crippen LogP contribution in [0.15, 0.2) is 47.2 Å². The first-order valence-corrected chi connectivity index (χ1v) is 7.97. The summed E-state index contributed by atoms with van der Waals surface area (Å²) in [5.41, 5.74) is 0.824. The minimum atomic E-state index is -0.717. The van der Waals surface area contributed by atoms with Gasteiger partial charge >= 0.3 is 0 Å². The van der Waals surface area contributed by atoms with Crippen molar-refractivity contribution in [2.75, 3.05) is 0 Å². The van der Waals surface area contributed by atoms with Gasteiger partial charge in [-0.05, 0) is 37.6 Å². The molecule has 0 aliphatic rings. The number of aromatic nitrogens is 2. The van der Waals surface area contributed by atoms with Crippen LogP contribution in [0.4, 0.5) is 8.78 Å². The highest BCUT2D eigenvalue weighted by molar-refractivity contribution is 5.64. The van der Waals surface area contributed by atoms with Crippen molar-refractivity contribution in [1.82, 2.24) is 15.5 Å². The average Bonchev–Trinajstić information content (AvgIpc) is 3.25. The van der Waals surface area contributed by atoms with Crippen LogP contribution in [0.3, 0.4) is 0 Å². The largest absolute Gasteiger partial charge is 0.467 e. The lowest BCUT2D eigenvalue weighted by molar-refractivity contribution is 0.128. The van der Waals surface area contributed by atoms with Crippen LogP contribution in [0, 0.1) is 11.6 Å². The first-order chi connectivity index (χ1) is 12.1. The average molecular weight is 347 g/mol. The molecule has 2 atom stereocenters. The Kier molecular flexibility index (Phi) is 5.25. The van der Waals surface area contributed by atoms with Crippen LogP contribution in [-0.2, 0) is 6.54 Å². The van der Waals surface area contributed by atoms with Crippen molar-refractivity contribution in [2.45, 2.75) is 32.0 Å². The fourth-order valence-corrected chi connectivity index (χ4v) is 2.70. The van der Waals surface area contributed by atoms with Crippen molar-refractivity contribution in [2.24, 2.45) is 0 Å². The number of benzene rings is 1. The van der Waals surface area contributed by atoms with Crippen molar-refractivity contribution in [1.29, 1.82) is 0 Å². The molecule has 3 N–H and O–H groups in total. The van der Waals surface area contributed by atoms with Gasteiger partial charge in [0.25, 0.3) is 0 Å². The lowest BCUT2D eigenvalue weighted by Gasteiger charge is -2.17. The quantitative estimate of drug-likeness (QED) is 0.611. The number of nitrogens with one attached hydrogen (secondary N) is 2. The smallest absolute Gasteiger partial charge is 0.135 e. The van der Waals surface area contributed by atoms with Crippen LogP contribution < -0.4 is 5.32 Å². The number of hydrogen-bond donors (Lipinski definition) is 3. The summed E-state index contributed by atoms with van der Waals surface area (Å²) in [6, 6.07) is 7.12. The van der Waals surface area contributed by atoms with Crippen molar-refractivity contribution in [3.8, 4) is 11.3 Å². The fraction of sp³-hybridized carbons (Fsp3) is 0.278. The van der Waals surface area contributed by atoms with Gasteiger partial charge in [-0.15, -0.1) is 0 Å². The third-order valence-electron chi connectivity index (χ3n) is 4.02. The second-order valence-corrected chi connectivity index (χ2v) is 5.92. The number of furan rings is 1. The van der Waals surface area contributed by atoms with Gasteiger partial charge in [0.2, 0.25) is 0 Å². The summed E-state index contributed by atoms with van der Waals surface area (Å²) in [4.78, 5) is 0. The number of aromatic amines is 1. The molecule has 0 aliphatic heterocycles. The Hall–Kier alpha value is -2.51. The Morgan fingerprint density at radius 2 is 2.00 bits per heavy atom. The molecular weight excluding hydrogens is 328 g/mol. The molecule has 0 amide bonds. The lowest BCUT2D eigenvalue weighted by Crippen LogP contribution is -2.27. The number of nitrogens with zero attached hydrogens (tertiary/aromatic N) is 1. The highest BCUT2D eigenvalue weighted by atomic mass is 19.1. The maximum atomic E-state index is 14.0. The summed E-state index contributed by atoms with van der Waals surface area (Å²) in [5, 5.41) is 19.9. The summed E-state index contributed by atoms with van der Waals surface area (Å²) in [6.45, 7) is 2.27. The molecule has 7 heteroatoms. The number of aliphatic hydroxyl groups excluding tert-OH is 1. The third-order valence-corrected chi connectivity index (χ3v) is 4.02. The number of halogens is 2. The molecule has 0 radical (unpaired) electrons. The predicted octanol–water partition coefficient (Wildman–Crippen LogP) is 3.55. The van der Waals surface area contributed by atoms with Crippen LogP contribution >= 0.6 is 0 Å². The molecule has 0 fully saturated rings. The molecule has 0 bridgehead atoms. The summed E-state index contributed by atoms with van der Waals surface area (Å²) < 4.78 is 33.1. The van der Waals surface area contributed by atoms with Gasteiger partial charge in [-0.25, -0.2) is 8.78 Å². The van der Waals surface area contributed by atoms with Gasteiger partial charge in [-0.3, -0.25) is 5.10 Å². The van der Waals surface area contributed by atoms with Crippen LogP contribution in [0.25, 0.3) is 11.3 Å². The van der Waals surface area contributed by atoms with E-state index in [1.807, 2.05) is 6.92 Å². The van der Waals surface area contributed by atoms with E-state index < -0.39 is 17.7 Å². The molecule has 132 valence electrons. The minimum absolute atomic E-state index is 0.0479. The normalized spacial score (nSPS) is 13.8. The van der Waals surface area contributed by atoms with E-state index >= 15 is 0 Å². The summed E-state index contributed by atoms with van der Waals surface area (Å²) in [6.07, 6.45) is 2.76. The molecule has 0 aliphatic carbocycles. The SMILES string of the molecule is CC(CC(O)c1ccco1)NCc1cn[nH]c1-c1c(F)cccc1F. The predicted molar refractivity (Wildman–Crippen MR) is 88.5 cm³/mol. The molecule has 2 heterocycles. The lowest BCUT2D eigenvalue weighted by atomic mass is 10.1. The molecule has 2 aromatic heterocycles. The maximum absolute atomic E-state index is 14.0. The molecule has 25 heavy (non-hydrogen) atoms. The number of rotatable bonds is 7. The van der Waals surface area contributed by atoms with Gasteiger partial charge in [-0.1, -0.05) is 6.07 Å². The zero-order valence-corrected chi connectivity index (χ0v) is 13.7. The Morgan fingerprint density at radius 1 is 1.24 bits per heavy atom. The van der Waals surface area contributed by atoms with E-state index in [-0.39, 0.29) is 11.6 Å². The molecule has 3 rings (SSSR count). The molecular formula is C18H19F2N3O2. The van der Waals surface area contributed by atoms with Crippen LogP contribution in [0.2, 0.25) is 0 Å². The van der Waals surface area contributed by atoms with E-state index in [0.717, 1.165) is 0 Å². The van der Waals surface area contributed by atoms with E-state index in [4.69, 9.17) is 4.42 Å². The highest BCUT2D eigenvalue weighted by Gasteiger charge is 2.18. The van der Waals surface area contributed by atoms with Crippen molar-refractivity contribution in [3.05, 3.63) is 65.7 Å².